The molecule has 0 radical (unpaired) electrons. The Balaban J connectivity index is 1.17. The highest BCUT2D eigenvalue weighted by Crippen LogP contribution is 2.78. The molecule has 4 saturated carbocycles. The average molecular weight is 688 g/mol. The molecule has 1 aromatic rings. The highest BCUT2D eigenvalue weighted by molar-refractivity contribution is 7.91. The number of fused-ring (bicyclic) bond motifs is 7. The molecule has 6 heteroatoms. The van der Waals surface area contributed by atoms with Crippen LogP contribution in [0.1, 0.15) is 115 Å². The summed E-state index contributed by atoms with van der Waals surface area (Å²) in [5.41, 5.74) is 5.32. The molecule has 0 spiro atoms. The number of aromatic carboxylic acids is 1. The molecule has 0 amide bonds. The standard InChI is InChI=1S/C43H61NO4S/c1-29(2)32-15-21-43(18-8-24-44-25-27-49(47,48)28-26-44)23-22-41(6)34(37(32)43)13-14-36-40(5)19-16-33(30-9-11-31(12-10-30)38(45)46)39(3,4)35(40)17-20-42(36,41)7/h8-12,16,18,32,34-37H,1,13-15,17,19-28H2,2-7H3,(H,45,46)/b18-8+/t32-,34+,35?,36+,37?,40-,41+,42+,43+/m0/s1. The van der Waals surface area contributed by atoms with E-state index in [1.807, 2.05) is 12.1 Å². The van der Waals surface area contributed by atoms with E-state index < -0.39 is 15.8 Å². The quantitative estimate of drug-likeness (QED) is 0.302. The Bertz CT molecular complexity index is 1660. The zero-order valence-corrected chi connectivity index (χ0v) is 31.9. The maximum Gasteiger partial charge on any atom is 0.335 e. The van der Waals surface area contributed by atoms with Crippen LogP contribution in [0.2, 0.25) is 0 Å². The number of hydrogen-bond acceptors (Lipinski definition) is 4. The largest absolute Gasteiger partial charge is 0.478 e. The summed E-state index contributed by atoms with van der Waals surface area (Å²) in [4.78, 5) is 13.9. The summed E-state index contributed by atoms with van der Waals surface area (Å²) in [5.74, 6) is 2.87. The lowest BCUT2D eigenvalue weighted by molar-refractivity contribution is -0.221. The first-order chi connectivity index (χ1) is 23.0. The molecule has 1 aromatic carbocycles. The smallest absolute Gasteiger partial charge is 0.335 e. The van der Waals surface area contributed by atoms with Gasteiger partial charge in [0.1, 0.15) is 0 Å². The summed E-state index contributed by atoms with van der Waals surface area (Å²) >= 11 is 0. The average Bonchev–Trinajstić information content (AvgIpc) is 3.42. The van der Waals surface area contributed by atoms with E-state index in [-0.39, 0.29) is 27.1 Å². The van der Waals surface area contributed by atoms with Gasteiger partial charge in [0.05, 0.1) is 17.1 Å². The Kier molecular flexibility index (Phi) is 8.58. The topological polar surface area (TPSA) is 74.7 Å². The molecule has 1 N–H and O–H groups in total. The van der Waals surface area contributed by atoms with E-state index in [0.717, 1.165) is 13.0 Å². The summed E-state index contributed by atoms with van der Waals surface area (Å²) in [6, 6.07) is 7.58. The van der Waals surface area contributed by atoms with Crippen LogP contribution in [0.25, 0.3) is 5.57 Å². The van der Waals surface area contributed by atoms with Crippen LogP contribution in [0.4, 0.5) is 0 Å². The first kappa shape index (κ1) is 35.2. The van der Waals surface area contributed by atoms with Crippen molar-refractivity contribution in [2.45, 2.75) is 99.3 Å². The van der Waals surface area contributed by atoms with Crippen LogP contribution < -0.4 is 0 Å². The van der Waals surface area contributed by atoms with Crippen LogP contribution in [-0.4, -0.2) is 55.5 Å². The second kappa shape index (κ2) is 11.9. The van der Waals surface area contributed by atoms with E-state index in [9.17, 15) is 18.3 Å². The first-order valence-electron chi connectivity index (χ1n) is 19.3. The van der Waals surface area contributed by atoms with E-state index in [2.05, 4.69) is 71.2 Å². The van der Waals surface area contributed by atoms with Crippen molar-refractivity contribution in [3.8, 4) is 0 Å². The van der Waals surface area contributed by atoms with Gasteiger partial charge in [0.15, 0.2) is 9.84 Å². The fourth-order valence-corrected chi connectivity index (χ4v) is 15.0. The predicted octanol–water partition coefficient (Wildman–Crippen LogP) is 9.32. The van der Waals surface area contributed by atoms with Crippen molar-refractivity contribution < 1.29 is 18.3 Å². The van der Waals surface area contributed by atoms with Gasteiger partial charge in [-0.2, -0.15) is 0 Å². The van der Waals surface area contributed by atoms with Gasteiger partial charge in [-0.3, -0.25) is 4.90 Å². The van der Waals surface area contributed by atoms with Crippen molar-refractivity contribution in [3.05, 3.63) is 65.8 Å². The summed E-state index contributed by atoms with van der Waals surface area (Å²) < 4.78 is 24.0. The minimum Gasteiger partial charge on any atom is -0.478 e. The van der Waals surface area contributed by atoms with Gasteiger partial charge in [-0.25, -0.2) is 13.2 Å². The number of hydrogen-bond donors (Lipinski definition) is 1. The molecule has 7 rings (SSSR count). The zero-order chi connectivity index (χ0) is 35.2. The second-order valence-electron chi connectivity index (χ2n) is 18.7. The van der Waals surface area contributed by atoms with Crippen LogP contribution >= 0.6 is 0 Å². The van der Waals surface area contributed by atoms with Gasteiger partial charge in [-0.15, -0.1) is 0 Å². The fourth-order valence-electron chi connectivity index (χ4n) is 13.7. The van der Waals surface area contributed by atoms with Crippen LogP contribution in [0, 0.1) is 56.7 Å². The molecule has 268 valence electrons. The predicted molar refractivity (Wildman–Crippen MR) is 200 cm³/mol. The Labute approximate surface area is 296 Å². The fraction of sp³-hybridized carbons (Fsp3) is 0.698. The third-order valence-electron chi connectivity index (χ3n) is 16.4. The summed E-state index contributed by atoms with van der Waals surface area (Å²) in [5, 5.41) is 9.48. The monoisotopic (exact) mass is 687 g/mol. The maximum atomic E-state index is 12.0. The summed E-state index contributed by atoms with van der Waals surface area (Å²) in [6.07, 6.45) is 18.8. The van der Waals surface area contributed by atoms with Crippen molar-refractivity contribution in [2.75, 3.05) is 31.1 Å². The van der Waals surface area contributed by atoms with E-state index in [0.29, 0.717) is 59.7 Å². The molecule has 2 unspecified atom stereocenters. The Hall–Kier alpha value is -2.18. The van der Waals surface area contributed by atoms with Crippen molar-refractivity contribution in [1.82, 2.24) is 4.90 Å². The zero-order valence-electron chi connectivity index (χ0n) is 31.1. The number of carbonyl (C=O) groups is 1. The normalized spacial score (nSPS) is 42.7. The molecular formula is C43H61NO4S. The van der Waals surface area contributed by atoms with Crippen molar-refractivity contribution in [2.24, 2.45) is 56.7 Å². The summed E-state index contributed by atoms with van der Waals surface area (Å²) in [7, 11) is -2.86. The lowest BCUT2D eigenvalue weighted by Gasteiger charge is -2.72. The SMILES string of the molecule is C=C(C)[C@@H]1CC[C@]2(/C=C/CN3CCS(=O)(=O)CC3)CC[C@]3(C)[C@H](CC[C@@H]4[C@@]5(C)CC=C(c6ccc(C(=O)O)cc6)C(C)(C)C5CC[C@]43C)C12. The molecule has 9 atom stereocenters. The van der Waals surface area contributed by atoms with Crippen LogP contribution in [0.15, 0.2) is 54.6 Å². The molecule has 5 fully saturated rings. The van der Waals surface area contributed by atoms with Gasteiger partial charge in [0.2, 0.25) is 0 Å². The highest BCUT2D eigenvalue weighted by atomic mass is 32.2. The molecule has 0 bridgehead atoms. The molecule has 6 aliphatic rings. The number of carboxylic acids is 1. The van der Waals surface area contributed by atoms with Crippen LogP contribution in [0.3, 0.4) is 0 Å². The minimum atomic E-state index is -2.86. The Morgan fingerprint density at radius 3 is 2.27 bits per heavy atom. The number of allylic oxidation sites excluding steroid dienone is 4. The molecule has 1 heterocycles. The number of sulfone groups is 1. The number of rotatable bonds is 6. The number of nitrogens with zero attached hydrogens (tertiary/aromatic N) is 1. The van der Waals surface area contributed by atoms with Crippen molar-refractivity contribution in [3.63, 3.8) is 0 Å². The molecular weight excluding hydrogens is 627 g/mol. The minimum absolute atomic E-state index is 0.0123. The van der Waals surface area contributed by atoms with Crippen LogP contribution in [0.5, 0.6) is 0 Å². The maximum absolute atomic E-state index is 12.0. The van der Waals surface area contributed by atoms with Crippen molar-refractivity contribution >= 4 is 21.4 Å². The van der Waals surface area contributed by atoms with E-state index in [1.165, 1.54) is 68.1 Å². The molecule has 1 aliphatic heterocycles. The number of carboxylic acid groups (broad SMARTS) is 1. The van der Waals surface area contributed by atoms with E-state index in [1.54, 1.807) is 12.1 Å². The Morgan fingerprint density at radius 1 is 0.918 bits per heavy atom. The number of benzene rings is 1. The third-order valence-corrected chi connectivity index (χ3v) is 18.0. The van der Waals surface area contributed by atoms with Gasteiger partial charge in [0.25, 0.3) is 0 Å². The molecule has 5 nitrogen and oxygen atoms in total. The van der Waals surface area contributed by atoms with Gasteiger partial charge >= 0.3 is 5.97 Å². The van der Waals surface area contributed by atoms with Gasteiger partial charge in [-0.1, -0.05) is 77.1 Å². The third kappa shape index (κ3) is 5.39. The van der Waals surface area contributed by atoms with Gasteiger partial charge < -0.3 is 5.11 Å². The molecule has 0 aromatic heterocycles. The van der Waals surface area contributed by atoms with E-state index in [4.69, 9.17) is 0 Å². The van der Waals surface area contributed by atoms with Gasteiger partial charge in [0, 0.05) is 19.6 Å². The highest BCUT2D eigenvalue weighted by Gasteiger charge is 2.70. The van der Waals surface area contributed by atoms with E-state index >= 15 is 0 Å². The first-order valence-corrected chi connectivity index (χ1v) is 21.1. The second-order valence-corrected chi connectivity index (χ2v) is 21.0. The summed E-state index contributed by atoms with van der Waals surface area (Å²) in [6.45, 7) is 22.0. The molecule has 5 aliphatic carbocycles. The Morgan fingerprint density at radius 2 is 1.61 bits per heavy atom. The van der Waals surface area contributed by atoms with Crippen LogP contribution in [-0.2, 0) is 9.84 Å². The lowest BCUT2D eigenvalue weighted by atomic mass is 9.32. The van der Waals surface area contributed by atoms with Crippen molar-refractivity contribution in [1.29, 1.82) is 0 Å². The van der Waals surface area contributed by atoms with Gasteiger partial charge in [-0.05, 0) is 145 Å². The molecule has 49 heavy (non-hydrogen) atoms. The molecule has 1 saturated heterocycles. The lowest BCUT2D eigenvalue weighted by Crippen LogP contribution is -2.65.